The fourth-order valence-corrected chi connectivity index (χ4v) is 3.45. The van der Waals surface area contributed by atoms with Gasteiger partial charge in [-0.25, -0.2) is 8.42 Å². The monoisotopic (exact) mass is 317 g/mol. The van der Waals surface area contributed by atoms with Gasteiger partial charge in [0.05, 0.1) is 0 Å². The molecule has 118 valence electrons. The van der Waals surface area contributed by atoms with Gasteiger partial charge in [-0.2, -0.15) is 4.72 Å². The minimum absolute atomic E-state index is 0.0166. The summed E-state index contributed by atoms with van der Waals surface area (Å²) in [4.78, 5) is 22.2. The van der Waals surface area contributed by atoms with Crippen molar-refractivity contribution in [2.75, 3.05) is 0 Å². The minimum Gasteiger partial charge on any atom is -0.480 e. The number of sulfonamides is 1. The molecule has 8 nitrogen and oxygen atoms in total. The van der Waals surface area contributed by atoms with E-state index in [1.54, 1.807) is 6.92 Å². The summed E-state index contributed by atoms with van der Waals surface area (Å²) in [6, 6.07) is 1.11. The number of hydrogen-bond acceptors (Lipinski definition) is 4. The number of carbonyl (C=O) groups excluding carboxylic acids is 1. The number of aliphatic carboxylic acids is 1. The molecule has 0 aromatic carbocycles. The summed E-state index contributed by atoms with van der Waals surface area (Å²) < 4.78 is 28.0. The van der Waals surface area contributed by atoms with Crippen LogP contribution < -0.4 is 10.5 Å². The largest absolute Gasteiger partial charge is 0.480 e. The molecule has 1 amide bonds. The highest BCUT2D eigenvalue weighted by Gasteiger charge is 2.37. The standard InChI is InChI=1S/C12H19N3O5S/c1-4-5-12(2,11(17)18)14-21(19,20)8-6-9(10(13)16)15(3)7-8/h6-7,14H,4-5H2,1-3H3,(H2,13,16)(H,17,18). The molecule has 0 saturated heterocycles. The average molecular weight is 317 g/mol. The van der Waals surface area contributed by atoms with Crippen molar-refractivity contribution in [2.24, 2.45) is 12.8 Å². The van der Waals surface area contributed by atoms with Crippen molar-refractivity contribution in [3.05, 3.63) is 18.0 Å². The summed E-state index contributed by atoms with van der Waals surface area (Å²) in [5, 5.41) is 9.22. The third-order valence-electron chi connectivity index (χ3n) is 3.12. The normalized spacial score (nSPS) is 14.6. The number of amides is 1. The number of carboxylic acids is 1. The van der Waals surface area contributed by atoms with E-state index in [0.717, 1.165) is 6.07 Å². The van der Waals surface area contributed by atoms with Gasteiger partial charge in [-0.1, -0.05) is 13.3 Å². The van der Waals surface area contributed by atoms with Crippen LogP contribution >= 0.6 is 0 Å². The van der Waals surface area contributed by atoms with Crippen LogP contribution in [0.3, 0.4) is 0 Å². The summed E-state index contributed by atoms with van der Waals surface area (Å²) in [6.07, 6.45) is 1.83. The van der Waals surface area contributed by atoms with Gasteiger partial charge < -0.3 is 15.4 Å². The molecule has 0 fully saturated rings. The van der Waals surface area contributed by atoms with E-state index in [-0.39, 0.29) is 17.0 Å². The molecule has 0 aliphatic heterocycles. The predicted molar refractivity (Wildman–Crippen MR) is 75.2 cm³/mol. The lowest BCUT2D eigenvalue weighted by Gasteiger charge is -2.25. The van der Waals surface area contributed by atoms with Crippen LogP contribution in [-0.4, -0.2) is 35.5 Å². The van der Waals surface area contributed by atoms with Crippen molar-refractivity contribution in [3.63, 3.8) is 0 Å². The molecule has 4 N–H and O–H groups in total. The van der Waals surface area contributed by atoms with Crippen molar-refractivity contribution in [3.8, 4) is 0 Å². The summed E-state index contributed by atoms with van der Waals surface area (Å²) in [5.74, 6) is -2.03. The van der Waals surface area contributed by atoms with E-state index < -0.39 is 27.4 Å². The van der Waals surface area contributed by atoms with Gasteiger partial charge in [0.1, 0.15) is 16.1 Å². The van der Waals surface area contributed by atoms with Gasteiger partial charge in [-0.3, -0.25) is 9.59 Å². The summed E-state index contributed by atoms with van der Waals surface area (Å²) in [7, 11) is -2.61. The molecule has 1 aromatic rings. The lowest BCUT2D eigenvalue weighted by atomic mass is 9.98. The van der Waals surface area contributed by atoms with Crippen molar-refractivity contribution < 1.29 is 23.1 Å². The van der Waals surface area contributed by atoms with Gasteiger partial charge in [0, 0.05) is 13.2 Å². The Morgan fingerprint density at radius 3 is 2.43 bits per heavy atom. The first-order chi connectivity index (χ1) is 9.53. The fourth-order valence-electron chi connectivity index (χ4n) is 1.98. The minimum atomic E-state index is -4.08. The van der Waals surface area contributed by atoms with Crippen LogP contribution in [0, 0.1) is 0 Å². The summed E-state index contributed by atoms with van der Waals surface area (Å²) in [5.41, 5.74) is 3.53. The van der Waals surface area contributed by atoms with Crippen molar-refractivity contribution in [2.45, 2.75) is 37.1 Å². The van der Waals surface area contributed by atoms with Crippen LogP contribution in [0.1, 0.15) is 37.2 Å². The van der Waals surface area contributed by atoms with E-state index >= 15 is 0 Å². The topological polar surface area (TPSA) is 131 Å². The van der Waals surface area contributed by atoms with E-state index in [0.29, 0.717) is 6.42 Å². The third kappa shape index (κ3) is 3.61. The van der Waals surface area contributed by atoms with Gasteiger partial charge in [0.25, 0.3) is 5.91 Å². The van der Waals surface area contributed by atoms with E-state index in [1.807, 2.05) is 0 Å². The Balaban J connectivity index is 3.20. The molecule has 1 rings (SSSR count). The molecule has 1 unspecified atom stereocenters. The van der Waals surface area contributed by atoms with Crippen molar-refractivity contribution in [1.29, 1.82) is 0 Å². The van der Waals surface area contributed by atoms with Crippen LogP contribution in [0.4, 0.5) is 0 Å². The molecule has 1 aromatic heterocycles. The second-order valence-electron chi connectivity index (χ2n) is 5.03. The summed E-state index contributed by atoms with van der Waals surface area (Å²) >= 11 is 0. The number of nitrogens with one attached hydrogen (secondary N) is 1. The average Bonchev–Trinajstić information content (AvgIpc) is 2.71. The highest BCUT2D eigenvalue weighted by atomic mass is 32.2. The Labute approximate surface area is 123 Å². The predicted octanol–water partition coefficient (Wildman–Crippen LogP) is 0.0457. The van der Waals surface area contributed by atoms with Crippen LogP contribution in [0.5, 0.6) is 0 Å². The molecule has 0 spiro atoms. The molecule has 0 bridgehead atoms. The molecule has 0 aliphatic rings. The molecular weight excluding hydrogens is 298 g/mol. The maximum atomic E-state index is 12.3. The molecule has 21 heavy (non-hydrogen) atoms. The molecular formula is C12H19N3O5S. The Kier molecular flexibility index (Phi) is 4.79. The zero-order valence-electron chi connectivity index (χ0n) is 12.1. The number of carbonyl (C=O) groups is 2. The Morgan fingerprint density at radius 2 is 2.05 bits per heavy atom. The third-order valence-corrected chi connectivity index (χ3v) is 4.69. The SMILES string of the molecule is CCCC(C)(NS(=O)(=O)c1cc(C(N)=O)n(C)c1)C(=O)O. The van der Waals surface area contributed by atoms with Gasteiger partial charge >= 0.3 is 5.97 Å². The highest BCUT2D eigenvalue weighted by molar-refractivity contribution is 7.89. The molecule has 1 atom stereocenters. The number of hydrogen-bond donors (Lipinski definition) is 3. The maximum absolute atomic E-state index is 12.3. The number of aromatic nitrogens is 1. The first kappa shape index (κ1) is 17.2. The van der Waals surface area contributed by atoms with Gasteiger partial charge in [0.15, 0.2) is 0 Å². The molecule has 0 saturated carbocycles. The number of primary amides is 1. The second-order valence-corrected chi connectivity index (χ2v) is 6.71. The Bertz CT molecular complexity index is 664. The quantitative estimate of drug-likeness (QED) is 0.653. The first-order valence-electron chi connectivity index (χ1n) is 6.27. The summed E-state index contributed by atoms with van der Waals surface area (Å²) in [6.45, 7) is 3.05. The van der Waals surface area contributed by atoms with Crippen LogP contribution in [0.2, 0.25) is 0 Å². The number of carboxylic acid groups (broad SMARTS) is 1. The fraction of sp³-hybridized carbons (Fsp3) is 0.500. The lowest BCUT2D eigenvalue weighted by Crippen LogP contribution is -2.51. The number of rotatable bonds is 7. The number of nitrogens with two attached hydrogens (primary N) is 1. The van der Waals surface area contributed by atoms with Gasteiger partial charge in [-0.05, 0) is 19.4 Å². The molecule has 0 aliphatic carbocycles. The maximum Gasteiger partial charge on any atom is 0.324 e. The highest BCUT2D eigenvalue weighted by Crippen LogP contribution is 2.19. The van der Waals surface area contributed by atoms with Gasteiger partial charge in [-0.15, -0.1) is 0 Å². The second kappa shape index (κ2) is 5.86. The Hall–Kier alpha value is -1.87. The zero-order valence-corrected chi connectivity index (χ0v) is 12.9. The van der Waals surface area contributed by atoms with Crippen LogP contribution in [-0.2, 0) is 21.9 Å². The lowest BCUT2D eigenvalue weighted by molar-refractivity contribution is -0.143. The van der Waals surface area contributed by atoms with E-state index in [4.69, 9.17) is 5.73 Å². The van der Waals surface area contributed by atoms with E-state index in [1.165, 1.54) is 24.7 Å². The molecule has 1 heterocycles. The first-order valence-corrected chi connectivity index (χ1v) is 7.75. The van der Waals surface area contributed by atoms with Crippen LogP contribution in [0.25, 0.3) is 0 Å². The van der Waals surface area contributed by atoms with Crippen molar-refractivity contribution in [1.82, 2.24) is 9.29 Å². The number of nitrogens with zero attached hydrogens (tertiary/aromatic N) is 1. The van der Waals surface area contributed by atoms with Gasteiger partial charge in [0.2, 0.25) is 10.0 Å². The zero-order chi connectivity index (χ0) is 16.4. The van der Waals surface area contributed by atoms with Crippen molar-refractivity contribution >= 4 is 21.9 Å². The van der Waals surface area contributed by atoms with Crippen LogP contribution in [0.15, 0.2) is 17.2 Å². The molecule has 0 radical (unpaired) electrons. The molecule has 9 heteroatoms. The van der Waals surface area contributed by atoms with E-state index in [2.05, 4.69) is 4.72 Å². The number of aryl methyl sites for hydroxylation is 1. The Morgan fingerprint density at radius 1 is 1.48 bits per heavy atom. The smallest absolute Gasteiger partial charge is 0.324 e. The van der Waals surface area contributed by atoms with E-state index in [9.17, 15) is 23.1 Å².